The number of sulfonamides is 1. The van der Waals surface area contributed by atoms with Gasteiger partial charge in [-0.25, -0.2) is 23.4 Å². The van der Waals surface area contributed by atoms with Gasteiger partial charge in [-0.3, -0.25) is 9.29 Å². The van der Waals surface area contributed by atoms with Crippen LogP contribution in [-0.2, 0) is 10.0 Å². The van der Waals surface area contributed by atoms with E-state index in [2.05, 4.69) is 25.0 Å². The second kappa shape index (κ2) is 7.72. The van der Waals surface area contributed by atoms with Gasteiger partial charge in [0.1, 0.15) is 24.3 Å². The van der Waals surface area contributed by atoms with Crippen LogP contribution in [0.5, 0.6) is 0 Å². The summed E-state index contributed by atoms with van der Waals surface area (Å²) in [4.78, 5) is 12.6. The third-order valence-corrected chi connectivity index (χ3v) is 5.56. The number of benzene rings is 2. The molecule has 0 aliphatic carbocycles. The Labute approximate surface area is 168 Å². The van der Waals surface area contributed by atoms with Crippen LogP contribution >= 0.6 is 0 Å². The Morgan fingerprint density at radius 3 is 2.34 bits per heavy atom. The molecule has 0 atom stereocenters. The first kappa shape index (κ1) is 18.6. The third kappa shape index (κ3) is 4.41. The zero-order valence-electron chi connectivity index (χ0n) is 15.5. The van der Waals surface area contributed by atoms with E-state index in [1.807, 2.05) is 6.92 Å². The number of anilines is 3. The van der Waals surface area contributed by atoms with Gasteiger partial charge in [0.05, 0.1) is 4.90 Å². The molecule has 0 amide bonds. The van der Waals surface area contributed by atoms with Gasteiger partial charge in [-0.15, -0.1) is 0 Å². The first-order chi connectivity index (χ1) is 14.0. The van der Waals surface area contributed by atoms with Gasteiger partial charge in [0.2, 0.25) is 0 Å². The van der Waals surface area contributed by atoms with Gasteiger partial charge in [0.15, 0.2) is 0 Å². The van der Waals surface area contributed by atoms with Crippen molar-refractivity contribution >= 4 is 27.2 Å². The number of rotatable bonds is 6. The van der Waals surface area contributed by atoms with Crippen molar-refractivity contribution in [3.05, 3.63) is 85.2 Å². The van der Waals surface area contributed by atoms with Crippen molar-refractivity contribution in [1.82, 2.24) is 19.5 Å². The molecule has 0 bridgehead atoms. The molecule has 0 saturated carbocycles. The van der Waals surface area contributed by atoms with Crippen LogP contribution in [0.2, 0.25) is 0 Å². The maximum atomic E-state index is 12.5. The summed E-state index contributed by atoms with van der Waals surface area (Å²) in [6.07, 6.45) is 6.58. The number of nitrogens with zero attached hydrogens (tertiary/aromatic N) is 4. The molecule has 2 aromatic carbocycles. The Balaban J connectivity index is 1.47. The number of imidazole rings is 1. The minimum atomic E-state index is -3.63. The highest BCUT2D eigenvalue weighted by molar-refractivity contribution is 7.92. The minimum absolute atomic E-state index is 0.221. The van der Waals surface area contributed by atoms with Crippen molar-refractivity contribution in [3.63, 3.8) is 0 Å². The van der Waals surface area contributed by atoms with Crippen molar-refractivity contribution in [1.29, 1.82) is 0 Å². The fraction of sp³-hybridized carbons (Fsp3) is 0.0500. The van der Waals surface area contributed by atoms with Crippen LogP contribution in [0.4, 0.5) is 17.2 Å². The third-order valence-electron chi connectivity index (χ3n) is 4.16. The lowest BCUT2D eigenvalue weighted by atomic mass is 10.2. The fourth-order valence-corrected chi connectivity index (χ4v) is 3.71. The van der Waals surface area contributed by atoms with Gasteiger partial charge in [0.25, 0.3) is 10.0 Å². The van der Waals surface area contributed by atoms with E-state index in [1.165, 1.54) is 6.33 Å². The van der Waals surface area contributed by atoms with E-state index in [4.69, 9.17) is 0 Å². The van der Waals surface area contributed by atoms with Gasteiger partial charge in [-0.2, -0.15) is 0 Å². The Kier molecular flexibility index (Phi) is 4.96. The second-order valence-corrected chi connectivity index (χ2v) is 8.03. The molecule has 146 valence electrons. The van der Waals surface area contributed by atoms with Gasteiger partial charge >= 0.3 is 0 Å². The Bertz CT molecular complexity index is 1200. The van der Waals surface area contributed by atoms with E-state index >= 15 is 0 Å². The molecule has 29 heavy (non-hydrogen) atoms. The van der Waals surface area contributed by atoms with Crippen LogP contribution < -0.4 is 10.0 Å². The Hall–Kier alpha value is -3.72. The zero-order valence-corrected chi connectivity index (χ0v) is 16.3. The van der Waals surface area contributed by atoms with Gasteiger partial charge in [0, 0.05) is 29.8 Å². The Morgan fingerprint density at radius 2 is 1.66 bits per heavy atom. The summed E-state index contributed by atoms with van der Waals surface area (Å²) in [5.74, 6) is 1.29. The maximum Gasteiger partial charge on any atom is 0.261 e. The number of aromatic nitrogens is 4. The van der Waals surface area contributed by atoms with Crippen LogP contribution in [0.1, 0.15) is 5.56 Å². The molecule has 0 aliphatic heterocycles. The van der Waals surface area contributed by atoms with Crippen LogP contribution in [-0.4, -0.2) is 27.9 Å². The normalized spacial score (nSPS) is 11.2. The molecule has 4 aromatic rings. The summed E-state index contributed by atoms with van der Waals surface area (Å²) in [6.45, 7) is 1.91. The minimum Gasteiger partial charge on any atom is -0.340 e. The summed E-state index contributed by atoms with van der Waals surface area (Å²) in [5, 5.41) is 3.17. The molecule has 2 aromatic heterocycles. The highest BCUT2D eigenvalue weighted by atomic mass is 32.2. The molecule has 2 N–H and O–H groups in total. The molecule has 0 radical (unpaired) electrons. The van der Waals surface area contributed by atoms with Crippen molar-refractivity contribution in [2.45, 2.75) is 11.8 Å². The molecular weight excluding hydrogens is 388 g/mol. The predicted molar refractivity (Wildman–Crippen MR) is 111 cm³/mol. The number of hydrogen-bond donors (Lipinski definition) is 2. The molecule has 0 saturated heterocycles. The molecular formula is C20H18N6O2S. The molecule has 0 unspecified atom stereocenters. The van der Waals surface area contributed by atoms with E-state index in [0.29, 0.717) is 17.3 Å². The SMILES string of the molecule is Cc1ccc(S(=O)(=O)Nc2ccc(Nc3cc(-n4ccnc4)ncn3)cc2)cc1. The Morgan fingerprint density at radius 1 is 0.931 bits per heavy atom. The standard InChI is InChI=1S/C20H18N6O2S/c1-15-2-8-18(9-3-15)29(27,28)25-17-6-4-16(5-7-17)24-19-12-20(23-13-22-19)26-11-10-21-14-26/h2-14,25H,1H3,(H,22,23,24). The summed E-state index contributed by atoms with van der Waals surface area (Å²) in [6, 6.07) is 15.4. The largest absolute Gasteiger partial charge is 0.340 e. The average molecular weight is 406 g/mol. The maximum absolute atomic E-state index is 12.5. The van der Waals surface area contributed by atoms with Crippen molar-refractivity contribution in [2.24, 2.45) is 0 Å². The molecule has 2 heterocycles. The summed E-state index contributed by atoms with van der Waals surface area (Å²) < 4.78 is 29.3. The van der Waals surface area contributed by atoms with E-state index in [9.17, 15) is 8.42 Å². The lowest BCUT2D eigenvalue weighted by molar-refractivity contribution is 0.601. The van der Waals surface area contributed by atoms with E-state index < -0.39 is 10.0 Å². The summed E-state index contributed by atoms with van der Waals surface area (Å²) >= 11 is 0. The van der Waals surface area contributed by atoms with E-state index in [-0.39, 0.29) is 4.90 Å². The molecule has 0 spiro atoms. The van der Waals surface area contributed by atoms with Crippen molar-refractivity contribution in [3.8, 4) is 5.82 Å². The van der Waals surface area contributed by atoms with Crippen molar-refractivity contribution in [2.75, 3.05) is 10.0 Å². The molecule has 4 rings (SSSR count). The van der Waals surface area contributed by atoms with E-state index in [0.717, 1.165) is 11.3 Å². The lowest BCUT2D eigenvalue weighted by Gasteiger charge is -2.10. The average Bonchev–Trinajstić information content (AvgIpc) is 3.25. The first-order valence-corrected chi connectivity index (χ1v) is 10.2. The number of hydrogen-bond acceptors (Lipinski definition) is 6. The van der Waals surface area contributed by atoms with E-state index in [1.54, 1.807) is 77.9 Å². The van der Waals surface area contributed by atoms with Gasteiger partial charge in [-0.1, -0.05) is 17.7 Å². The quantitative estimate of drug-likeness (QED) is 0.508. The molecule has 8 nitrogen and oxygen atoms in total. The molecule has 9 heteroatoms. The monoisotopic (exact) mass is 406 g/mol. The predicted octanol–water partition coefficient (Wildman–Crippen LogP) is 3.52. The lowest BCUT2D eigenvalue weighted by Crippen LogP contribution is -2.12. The molecule has 0 fully saturated rings. The molecule has 0 aliphatic rings. The van der Waals surface area contributed by atoms with Crippen LogP contribution in [0, 0.1) is 6.92 Å². The van der Waals surface area contributed by atoms with Crippen LogP contribution in [0.25, 0.3) is 5.82 Å². The highest BCUT2D eigenvalue weighted by Gasteiger charge is 2.13. The summed E-state index contributed by atoms with van der Waals surface area (Å²) in [7, 11) is -3.63. The number of aryl methyl sites for hydroxylation is 1. The topological polar surface area (TPSA) is 102 Å². The highest BCUT2D eigenvalue weighted by Crippen LogP contribution is 2.21. The van der Waals surface area contributed by atoms with Crippen LogP contribution in [0.15, 0.2) is 84.5 Å². The summed E-state index contributed by atoms with van der Waals surface area (Å²) in [5.41, 5.74) is 2.23. The first-order valence-electron chi connectivity index (χ1n) is 8.77. The van der Waals surface area contributed by atoms with Crippen LogP contribution in [0.3, 0.4) is 0 Å². The van der Waals surface area contributed by atoms with Gasteiger partial charge < -0.3 is 5.32 Å². The smallest absolute Gasteiger partial charge is 0.261 e. The van der Waals surface area contributed by atoms with Gasteiger partial charge in [-0.05, 0) is 43.3 Å². The zero-order chi connectivity index (χ0) is 20.3. The fourth-order valence-electron chi connectivity index (χ4n) is 2.65. The number of nitrogens with one attached hydrogen (secondary N) is 2. The van der Waals surface area contributed by atoms with Crippen molar-refractivity contribution < 1.29 is 8.42 Å². The second-order valence-electron chi connectivity index (χ2n) is 6.35.